The highest BCUT2D eigenvalue weighted by atomic mass is 19.1. The van der Waals surface area contributed by atoms with Gasteiger partial charge in [0.2, 0.25) is 0 Å². The van der Waals surface area contributed by atoms with Crippen LogP contribution in [0.4, 0.5) is 10.1 Å². The van der Waals surface area contributed by atoms with Gasteiger partial charge >= 0.3 is 0 Å². The molecule has 0 atom stereocenters. The molecule has 190 valence electrons. The molecule has 1 saturated heterocycles. The lowest BCUT2D eigenvalue weighted by atomic mass is 10.0. The molecule has 1 aliphatic heterocycles. The van der Waals surface area contributed by atoms with E-state index in [1.54, 1.807) is 35.4 Å². The number of likely N-dealkylation sites (tertiary alicyclic amines) is 1. The second-order valence-corrected chi connectivity index (χ2v) is 8.86. The summed E-state index contributed by atoms with van der Waals surface area (Å²) in [5, 5.41) is 1.82. The molecule has 2 amide bonds. The third-order valence-corrected chi connectivity index (χ3v) is 6.63. The van der Waals surface area contributed by atoms with Gasteiger partial charge in [-0.3, -0.25) is 24.9 Å². The van der Waals surface area contributed by atoms with Gasteiger partial charge in [-0.05, 0) is 63.1 Å². The smallest absolute Gasteiger partial charge is 0.272 e. The predicted molar refractivity (Wildman–Crippen MR) is 137 cm³/mol. The number of nitrogens with one attached hydrogen (secondary N) is 2. The zero-order valence-corrected chi connectivity index (χ0v) is 20.8. The Labute approximate surface area is 211 Å². The van der Waals surface area contributed by atoms with E-state index in [0.29, 0.717) is 18.7 Å². The maximum absolute atomic E-state index is 14.3. The molecule has 36 heavy (non-hydrogen) atoms. The van der Waals surface area contributed by atoms with E-state index in [4.69, 9.17) is 0 Å². The van der Waals surface area contributed by atoms with E-state index in [2.05, 4.69) is 20.3 Å². The van der Waals surface area contributed by atoms with Crippen LogP contribution in [0.5, 0.6) is 0 Å². The fraction of sp³-hybridized carbons (Fsp3) is 0.370. The van der Waals surface area contributed by atoms with Crippen LogP contribution in [0.3, 0.4) is 0 Å². The topological polar surface area (TPSA) is 84.6 Å². The van der Waals surface area contributed by atoms with E-state index in [0.717, 1.165) is 44.0 Å². The third kappa shape index (κ3) is 5.91. The molecule has 0 bridgehead atoms. The van der Waals surface area contributed by atoms with Gasteiger partial charge in [0.05, 0.1) is 23.8 Å². The van der Waals surface area contributed by atoms with Crippen molar-refractivity contribution in [3.63, 3.8) is 0 Å². The highest BCUT2D eigenvalue weighted by Gasteiger charge is 2.28. The number of halogens is 1. The molecule has 0 unspecified atom stereocenters. The van der Waals surface area contributed by atoms with E-state index in [1.165, 1.54) is 12.1 Å². The van der Waals surface area contributed by atoms with Gasteiger partial charge in [0.15, 0.2) is 0 Å². The lowest BCUT2D eigenvalue weighted by Gasteiger charge is -2.39. The minimum Gasteiger partial charge on any atom is -0.348 e. The van der Waals surface area contributed by atoms with Crippen molar-refractivity contribution in [2.75, 3.05) is 31.2 Å². The standard InChI is InChI=1S/C27H33FN6O2/c1-3-33(4-2)27(36)20-9-11-21(12-10-20)34(31-26(35)23-7-5-6-8-24(23)28)22-13-17-32(18-14-22)19-25-29-15-16-30-25/h5-12,15-16,22H,3-4,13-14,17-19H2,1-2H3,(H,29,30)(H,31,35). The monoisotopic (exact) mass is 492 g/mol. The van der Waals surface area contributed by atoms with E-state index >= 15 is 0 Å². The second kappa shape index (κ2) is 11.8. The van der Waals surface area contributed by atoms with Crippen LogP contribution in [0.15, 0.2) is 60.9 Å². The average Bonchev–Trinajstić information content (AvgIpc) is 3.42. The minimum absolute atomic E-state index is 0.00825. The molecule has 2 heterocycles. The number of carbonyl (C=O) groups is 2. The van der Waals surface area contributed by atoms with E-state index in [-0.39, 0.29) is 17.5 Å². The molecule has 0 spiro atoms. The summed E-state index contributed by atoms with van der Waals surface area (Å²) in [5.74, 6) is -0.177. The van der Waals surface area contributed by atoms with Crippen molar-refractivity contribution in [2.45, 2.75) is 39.3 Å². The third-order valence-electron chi connectivity index (χ3n) is 6.63. The number of amides is 2. The summed E-state index contributed by atoms with van der Waals surface area (Å²) in [4.78, 5) is 37.3. The van der Waals surface area contributed by atoms with Crippen LogP contribution in [-0.4, -0.2) is 63.8 Å². The van der Waals surface area contributed by atoms with Crippen molar-refractivity contribution in [3.05, 3.63) is 83.7 Å². The van der Waals surface area contributed by atoms with Crippen LogP contribution < -0.4 is 10.4 Å². The Morgan fingerprint density at radius 2 is 1.78 bits per heavy atom. The first-order valence-electron chi connectivity index (χ1n) is 12.4. The summed E-state index contributed by atoms with van der Waals surface area (Å²) in [6.07, 6.45) is 5.17. The molecular weight excluding hydrogens is 459 g/mol. The van der Waals surface area contributed by atoms with Crippen LogP contribution in [-0.2, 0) is 6.54 Å². The molecule has 9 heteroatoms. The Balaban J connectivity index is 1.52. The Kier molecular flexibility index (Phi) is 8.32. The zero-order chi connectivity index (χ0) is 25.5. The first-order chi connectivity index (χ1) is 17.5. The Morgan fingerprint density at radius 1 is 1.08 bits per heavy atom. The number of anilines is 1. The lowest BCUT2D eigenvalue weighted by Crippen LogP contribution is -2.53. The number of H-pyrrole nitrogens is 1. The van der Waals surface area contributed by atoms with Crippen LogP contribution in [0.2, 0.25) is 0 Å². The van der Waals surface area contributed by atoms with Gasteiger partial charge in [-0.2, -0.15) is 0 Å². The van der Waals surface area contributed by atoms with Crippen molar-refractivity contribution in [1.29, 1.82) is 0 Å². The largest absolute Gasteiger partial charge is 0.348 e. The Morgan fingerprint density at radius 3 is 2.39 bits per heavy atom. The molecule has 0 saturated carbocycles. The number of aromatic amines is 1. The van der Waals surface area contributed by atoms with Crippen molar-refractivity contribution in [3.8, 4) is 0 Å². The van der Waals surface area contributed by atoms with Crippen LogP contribution >= 0.6 is 0 Å². The van der Waals surface area contributed by atoms with Gasteiger partial charge in [0.25, 0.3) is 11.8 Å². The number of piperidine rings is 1. The molecule has 8 nitrogen and oxygen atoms in total. The zero-order valence-electron chi connectivity index (χ0n) is 20.8. The summed E-state index contributed by atoms with van der Waals surface area (Å²) >= 11 is 0. The van der Waals surface area contributed by atoms with Gasteiger partial charge in [-0.1, -0.05) is 12.1 Å². The quantitative estimate of drug-likeness (QED) is 0.444. The fourth-order valence-electron chi connectivity index (χ4n) is 4.57. The maximum Gasteiger partial charge on any atom is 0.272 e. The molecule has 0 aliphatic carbocycles. The summed E-state index contributed by atoms with van der Waals surface area (Å²) in [6.45, 7) is 7.58. The molecule has 1 fully saturated rings. The first kappa shape index (κ1) is 25.4. The molecule has 2 N–H and O–H groups in total. The highest BCUT2D eigenvalue weighted by molar-refractivity contribution is 5.96. The molecule has 2 aromatic carbocycles. The average molecular weight is 493 g/mol. The van der Waals surface area contributed by atoms with Crippen molar-refractivity contribution in [2.24, 2.45) is 0 Å². The van der Waals surface area contributed by atoms with Crippen molar-refractivity contribution >= 4 is 17.5 Å². The number of benzene rings is 2. The van der Waals surface area contributed by atoms with Crippen molar-refractivity contribution < 1.29 is 14.0 Å². The normalized spacial score (nSPS) is 14.4. The number of aromatic nitrogens is 2. The van der Waals surface area contributed by atoms with E-state index < -0.39 is 11.7 Å². The van der Waals surface area contributed by atoms with Gasteiger partial charge in [-0.15, -0.1) is 0 Å². The summed E-state index contributed by atoms with van der Waals surface area (Å²) < 4.78 is 14.3. The van der Waals surface area contributed by atoms with Crippen LogP contribution in [0, 0.1) is 5.82 Å². The minimum atomic E-state index is -0.566. The predicted octanol–water partition coefficient (Wildman–Crippen LogP) is 3.85. The summed E-state index contributed by atoms with van der Waals surface area (Å²) in [5.41, 5.74) is 4.27. The van der Waals surface area contributed by atoms with Gasteiger partial charge in [-0.25, -0.2) is 9.37 Å². The molecule has 3 aromatic rings. The van der Waals surface area contributed by atoms with E-state index in [9.17, 15) is 14.0 Å². The number of hydrogen-bond acceptors (Lipinski definition) is 5. The molecule has 1 aliphatic rings. The van der Waals surface area contributed by atoms with Crippen molar-refractivity contribution in [1.82, 2.24) is 25.2 Å². The number of hydrogen-bond donors (Lipinski definition) is 2. The Bertz CT molecular complexity index is 1140. The number of carbonyl (C=O) groups excluding carboxylic acids is 2. The number of nitrogens with zero attached hydrogens (tertiary/aromatic N) is 4. The van der Waals surface area contributed by atoms with Crippen LogP contribution in [0.1, 0.15) is 53.2 Å². The maximum atomic E-state index is 14.3. The van der Waals surface area contributed by atoms with Gasteiger partial charge in [0, 0.05) is 44.1 Å². The van der Waals surface area contributed by atoms with Gasteiger partial charge in [0.1, 0.15) is 11.6 Å². The number of hydrazine groups is 1. The number of rotatable bonds is 9. The first-order valence-corrected chi connectivity index (χ1v) is 12.4. The number of imidazole rings is 1. The fourth-order valence-corrected chi connectivity index (χ4v) is 4.57. The van der Waals surface area contributed by atoms with E-state index in [1.807, 2.05) is 37.2 Å². The Hall–Kier alpha value is -3.72. The summed E-state index contributed by atoms with van der Waals surface area (Å²) in [7, 11) is 0. The lowest BCUT2D eigenvalue weighted by molar-refractivity contribution is 0.0772. The summed E-state index contributed by atoms with van der Waals surface area (Å²) in [6, 6.07) is 13.2. The SMILES string of the molecule is CCN(CC)C(=O)c1ccc(N(NC(=O)c2ccccc2F)C2CCN(Cc3ncc[nH]3)CC2)cc1. The molecule has 0 radical (unpaired) electrons. The molecule has 4 rings (SSSR count). The second-order valence-electron chi connectivity index (χ2n) is 8.86. The highest BCUT2D eigenvalue weighted by Crippen LogP contribution is 2.24. The van der Waals surface area contributed by atoms with Gasteiger partial charge < -0.3 is 9.88 Å². The van der Waals surface area contributed by atoms with Crippen LogP contribution in [0.25, 0.3) is 0 Å². The molecular formula is C27H33FN6O2. The molecule has 1 aromatic heterocycles.